The molecule has 0 unspecified atom stereocenters. The lowest BCUT2D eigenvalue weighted by atomic mass is 10.2. The molecule has 0 fully saturated rings. The predicted molar refractivity (Wildman–Crippen MR) is 107 cm³/mol. The Morgan fingerprint density at radius 3 is 2.68 bits per heavy atom. The van der Waals surface area contributed by atoms with E-state index in [1.807, 2.05) is 38.1 Å². The molecule has 0 saturated carbocycles. The fraction of sp³-hybridized carbons (Fsp3) is 0.150. The molecule has 4 aromatic rings. The van der Waals surface area contributed by atoms with Gasteiger partial charge in [-0.2, -0.15) is 5.10 Å². The van der Waals surface area contributed by atoms with Crippen molar-refractivity contribution in [3.8, 4) is 11.5 Å². The largest absolute Gasteiger partial charge is 0.456 e. The van der Waals surface area contributed by atoms with Crippen LogP contribution in [0.5, 0.6) is 11.5 Å². The van der Waals surface area contributed by atoms with Crippen LogP contribution in [0.3, 0.4) is 0 Å². The summed E-state index contributed by atoms with van der Waals surface area (Å²) in [6.45, 7) is 3.79. The van der Waals surface area contributed by atoms with E-state index in [9.17, 15) is 4.79 Å². The zero-order valence-electron chi connectivity index (χ0n) is 15.8. The Balaban J connectivity index is 1.57. The Morgan fingerprint density at radius 1 is 1.11 bits per heavy atom. The minimum Gasteiger partial charge on any atom is -0.456 e. The fourth-order valence-corrected chi connectivity index (χ4v) is 3.08. The van der Waals surface area contributed by atoms with Crippen molar-refractivity contribution in [1.29, 1.82) is 0 Å². The molecular weight excluding hydrogens is 356 g/mol. The number of carbonyl (C=O) groups excluding carboxylic acids is 1. The fourth-order valence-electron chi connectivity index (χ4n) is 3.08. The smallest absolute Gasteiger partial charge is 0.273 e. The number of fused-ring (bicyclic) bond motifs is 1. The van der Waals surface area contributed by atoms with E-state index < -0.39 is 0 Å². The van der Waals surface area contributed by atoms with Crippen LogP contribution >= 0.6 is 0 Å². The quantitative estimate of drug-likeness (QED) is 0.569. The third-order valence-corrected chi connectivity index (χ3v) is 4.22. The van der Waals surface area contributed by atoms with E-state index in [0.29, 0.717) is 28.7 Å². The number of hydrogen-bond acceptors (Lipinski definition) is 5. The first kappa shape index (κ1) is 17.6. The monoisotopic (exact) mass is 376 g/mol. The van der Waals surface area contributed by atoms with E-state index in [2.05, 4.69) is 15.4 Å². The number of rotatable bonds is 4. The maximum atomic E-state index is 12.5. The second-order valence-electron chi connectivity index (χ2n) is 6.68. The standard InChI is InChI=1S/C20H20N6O2/c1-12-6-14(22-20(27)17-8-13(2)24-25(17)3)9-16(7-12)28-15-4-5-19-23-18(21)11-26(19)10-15/h4-11H,21H2,1-3H3,(H,22,27). The van der Waals surface area contributed by atoms with Crippen LogP contribution in [0, 0.1) is 13.8 Å². The van der Waals surface area contributed by atoms with Gasteiger partial charge >= 0.3 is 0 Å². The Morgan fingerprint density at radius 2 is 1.93 bits per heavy atom. The Hall–Kier alpha value is -3.81. The van der Waals surface area contributed by atoms with E-state index in [0.717, 1.165) is 16.9 Å². The number of benzene rings is 1. The maximum absolute atomic E-state index is 12.5. The zero-order chi connectivity index (χ0) is 19.8. The summed E-state index contributed by atoms with van der Waals surface area (Å²) in [6, 6.07) is 11.0. The molecule has 3 heterocycles. The molecule has 0 aliphatic rings. The lowest BCUT2D eigenvalue weighted by Crippen LogP contribution is -2.16. The number of nitrogen functional groups attached to an aromatic ring is 1. The lowest BCUT2D eigenvalue weighted by Gasteiger charge is -2.11. The first-order chi connectivity index (χ1) is 13.4. The van der Waals surface area contributed by atoms with Gasteiger partial charge in [0.25, 0.3) is 5.91 Å². The number of nitrogens with zero attached hydrogens (tertiary/aromatic N) is 4. The van der Waals surface area contributed by atoms with E-state index in [4.69, 9.17) is 10.5 Å². The van der Waals surface area contributed by atoms with Crippen molar-refractivity contribution in [2.24, 2.45) is 7.05 Å². The summed E-state index contributed by atoms with van der Waals surface area (Å²) in [7, 11) is 1.74. The van der Waals surface area contributed by atoms with Crippen LogP contribution in [0.15, 0.2) is 48.8 Å². The third-order valence-electron chi connectivity index (χ3n) is 4.22. The van der Waals surface area contributed by atoms with Gasteiger partial charge in [0, 0.05) is 18.8 Å². The molecule has 1 aromatic carbocycles. The average Bonchev–Trinajstić information content (AvgIpc) is 3.14. The van der Waals surface area contributed by atoms with Crippen molar-refractivity contribution in [3.05, 3.63) is 65.7 Å². The number of anilines is 2. The minimum absolute atomic E-state index is 0.227. The number of hydrogen-bond donors (Lipinski definition) is 2. The molecule has 3 aromatic heterocycles. The summed E-state index contributed by atoms with van der Waals surface area (Å²) in [4.78, 5) is 16.7. The van der Waals surface area contributed by atoms with Crippen molar-refractivity contribution in [1.82, 2.24) is 19.2 Å². The number of nitrogens with one attached hydrogen (secondary N) is 1. The normalized spacial score (nSPS) is 11.0. The highest BCUT2D eigenvalue weighted by atomic mass is 16.5. The van der Waals surface area contributed by atoms with Gasteiger partial charge in [-0.15, -0.1) is 0 Å². The molecule has 28 heavy (non-hydrogen) atoms. The van der Waals surface area contributed by atoms with Gasteiger partial charge in [0.05, 0.1) is 18.1 Å². The molecule has 0 bridgehead atoms. The molecule has 142 valence electrons. The van der Waals surface area contributed by atoms with Crippen LogP contribution in [0.1, 0.15) is 21.7 Å². The number of pyridine rings is 1. The minimum atomic E-state index is -0.227. The number of carbonyl (C=O) groups is 1. The molecule has 0 aliphatic carbocycles. The molecular formula is C20H20N6O2. The van der Waals surface area contributed by atoms with Crippen molar-refractivity contribution in [2.45, 2.75) is 13.8 Å². The van der Waals surface area contributed by atoms with E-state index in [-0.39, 0.29) is 5.91 Å². The summed E-state index contributed by atoms with van der Waals surface area (Å²) in [5.74, 6) is 1.47. The third kappa shape index (κ3) is 3.52. The van der Waals surface area contributed by atoms with Gasteiger partial charge in [-0.25, -0.2) is 4.98 Å². The van der Waals surface area contributed by atoms with Gasteiger partial charge in [-0.1, -0.05) is 0 Å². The van der Waals surface area contributed by atoms with Crippen molar-refractivity contribution >= 4 is 23.1 Å². The number of ether oxygens (including phenoxy) is 1. The highest BCUT2D eigenvalue weighted by Crippen LogP contribution is 2.27. The molecule has 1 amide bonds. The van der Waals surface area contributed by atoms with Gasteiger partial charge < -0.3 is 20.2 Å². The van der Waals surface area contributed by atoms with Crippen LogP contribution in [0.2, 0.25) is 0 Å². The van der Waals surface area contributed by atoms with Gasteiger partial charge in [-0.3, -0.25) is 9.48 Å². The first-order valence-corrected chi connectivity index (χ1v) is 8.73. The van der Waals surface area contributed by atoms with Gasteiger partial charge in [0.2, 0.25) is 0 Å². The van der Waals surface area contributed by atoms with E-state index in [1.54, 1.807) is 40.7 Å². The Bertz CT molecular complexity index is 1190. The Kier molecular flexibility index (Phi) is 4.23. The molecule has 0 saturated heterocycles. The van der Waals surface area contributed by atoms with Gasteiger partial charge in [-0.05, 0) is 49.7 Å². The first-order valence-electron chi connectivity index (χ1n) is 8.73. The average molecular weight is 376 g/mol. The summed E-state index contributed by atoms with van der Waals surface area (Å²) in [5, 5.41) is 7.11. The summed E-state index contributed by atoms with van der Waals surface area (Å²) in [5.41, 5.74) is 9.35. The molecule has 8 nitrogen and oxygen atoms in total. The number of nitrogens with two attached hydrogens (primary N) is 1. The lowest BCUT2D eigenvalue weighted by molar-refractivity contribution is 0.101. The van der Waals surface area contributed by atoms with Crippen molar-refractivity contribution in [2.75, 3.05) is 11.1 Å². The molecule has 0 atom stereocenters. The van der Waals surface area contributed by atoms with Crippen LogP contribution in [0.4, 0.5) is 11.5 Å². The summed E-state index contributed by atoms with van der Waals surface area (Å²) in [6.07, 6.45) is 3.53. The van der Waals surface area contributed by atoms with Crippen LogP contribution in [0.25, 0.3) is 5.65 Å². The van der Waals surface area contributed by atoms with E-state index >= 15 is 0 Å². The highest BCUT2D eigenvalue weighted by molar-refractivity contribution is 6.03. The predicted octanol–water partition coefficient (Wildman–Crippen LogP) is 3.31. The maximum Gasteiger partial charge on any atom is 0.273 e. The molecule has 8 heteroatoms. The molecule has 0 aliphatic heterocycles. The van der Waals surface area contributed by atoms with E-state index in [1.165, 1.54) is 0 Å². The van der Waals surface area contributed by atoms with Crippen molar-refractivity contribution < 1.29 is 9.53 Å². The molecule has 0 spiro atoms. The Labute approximate surface area is 161 Å². The van der Waals surface area contributed by atoms with Crippen molar-refractivity contribution in [3.63, 3.8) is 0 Å². The summed E-state index contributed by atoms with van der Waals surface area (Å²) >= 11 is 0. The SMILES string of the molecule is Cc1cc(NC(=O)c2cc(C)nn2C)cc(Oc2ccc3nc(N)cn3c2)c1. The van der Waals surface area contributed by atoms with Crippen LogP contribution in [-0.2, 0) is 7.05 Å². The van der Waals surface area contributed by atoms with Gasteiger partial charge in [0.1, 0.15) is 28.7 Å². The number of amides is 1. The molecule has 3 N–H and O–H groups in total. The number of aryl methyl sites for hydroxylation is 3. The van der Waals surface area contributed by atoms with Crippen LogP contribution in [-0.4, -0.2) is 25.1 Å². The molecule has 0 radical (unpaired) electrons. The van der Waals surface area contributed by atoms with Gasteiger partial charge in [0.15, 0.2) is 0 Å². The second kappa shape index (κ2) is 6.73. The second-order valence-corrected chi connectivity index (χ2v) is 6.68. The zero-order valence-corrected chi connectivity index (χ0v) is 15.8. The van der Waals surface area contributed by atoms with Crippen LogP contribution < -0.4 is 15.8 Å². The highest BCUT2D eigenvalue weighted by Gasteiger charge is 2.13. The summed E-state index contributed by atoms with van der Waals surface area (Å²) < 4.78 is 9.33. The molecule has 4 rings (SSSR count). The number of imidazole rings is 1. The number of aromatic nitrogens is 4. The topological polar surface area (TPSA) is 99.5 Å².